The van der Waals surface area contributed by atoms with Gasteiger partial charge in [-0.15, -0.1) is 0 Å². The van der Waals surface area contributed by atoms with Crippen LogP contribution in [0.1, 0.15) is 49.4 Å². The molecule has 1 N–H and O–H groups in total. The lowest BCUT2D eigenvalue weighted by Gasteiger charge is -2.35. The average Bonchev–Trinajstić information content (AvgIpc) is 3.07. The fourth-order valence-corrected chi connectivity index (χ4v) is 3.26. The van der Waals surface area contributed by atoms with Gasteiger partial charge in [0.05, 0.1) is 11.1 Å². The second-order valence-electron chi connectivity index (χ2n) is 6.16. The van der Waals surface area contributed by atoms with Crippen molar-refractivity contribution in [3.05, 3.63) is 41.5 Å². The second kappa shape index (κ2) is 7.45. The predicted octanol–water partition coefficient (Wildman–Crippen LogP) is 3.08. The van der Waals surface area contributed by atoms with Crippen molar-refractivity contribution in [2.24, 2.45) is 0 Å². The van der Waals surface area contributed by atoms with Crippen LogP contribution in [-0.4, -0.2) is 23.3 Å². The van der Waals surface area contributed by atoms with Gasteiger partial charge >= 0.3 is 0 Å². The molecule has 6 heteroatoms. The fraction of sp³-hybridized carbons (Fsp3) is 0.500. The number of hydrogen-bond acceptors (Lipinski definition) is 6. The summed E-state index contributed by atoms with van der Waals surface area (Å²) in [5.74, 6) is 1.96. The number of hydrogen-bond donors (Lipinski definition) is 1. The van der Waals surface area contributed by atoms with Crippen LogP contribution in [0.4, 0.5) is 0 Å². The monoisotopic (exact) mass is 326 g/mol. The van der Waals surface area contributed by atoms with Gasteiger partial charge in [0.15, 0.2) is 5.82 Å². The Morgan fingerprint density at radius 3 is 2.79 bits per heavy atom. The number of nitriles is 1. The summed E-state index contributed by atoms with van der Waals surface area (Å²) in [6.07, 6.45) is 5.55. The molecule has 0 unspecified atom stereocenters. The maximum atomic E-state index is 9.10. The summed E-state index contributed by atoms with van der Waals surface area (Å²) >= 11 is 0. The standard InChI is InChI=1S/C18H22N4O2/c1-14-21-17(22-24-14)18(9-5-2-6-10-18)20-11-12-23-16-8-4-3-7-15(16)13-19/h3-4,7-8,20H,2,5-6,9-12H2,1H3. The first-order chi connectivity index (χ1) is 11.7. The van der Waals surface area contributed by atoms with E-state index >= 15 is 0 Å². The average molecular weight is 326 g/mol. The van der Waals surface area contributed by atoms with Crippen LogP contribution in [0.3, 0.4) is 0 Å². The van der Waals surface area contributed by atoms with Gasteiger partial charge in [-0.05, 0) is 25.0 Å². The molecule has 1 aromatic carbocycles. The molecule has 0 aliphatic heterocycles. The van der Waals surface area contributed by atoms with Crippen molar-refractivity contribution in [2.75, 3.05) is 13.2 Å². The normalized spacial score (nSPS) is 16.5. The summed E-state index contributed by atoms with van der Waals surface area (Å²) in [6, 6.07) is 9.42. The molecule has 6 nitrogen and oxygen atoms in total. The Morgan fingerprint density at radius 2 is 2.08 bits per heavy atom. The molecular weight excluding hydrogens is 304 g/mol. The van der Waals surface area contributed by atoms with Gasteiger partial charge in [-0.25, -0.2) is 0 Å². The zero-order valence-electron chi connectivity index (χ0n) is 13.9. The second-order valence-corrected chi connectivity index (χ2v) is 6.16. The zero-order chi connectivity index (χ0) is 16.8. The lowest BCUT2D eigenvalue weighted by atomic mass is 9.81. The van der Waals surface area contributed by atoms with Crippen molar-refractivity contribution in [1.29, 1.82) is 5.26 Å². The van der Waals surface area contributed by atoms with E-state index in [1.54, 1.807) is 6.07 Å². The van der Waals surface area contributed by atoms with E-state index in [1.807, 2.05) is 25.1 Å². The SMILES string of the molecule is Cc1nc(C2(NCCOc3ccccc3C#N)CCCCC2)no1. The van der Waals surface area contributed by atoms with E-state index in [9.17, 15) is 0 Å². The Morgan fingerprint density at radius 1 is 1.29 bits per heavy atom. The van der Waals surface area contributed by atoms with Crippen molar-refractivity contribution in [2.45, 2.75) is 44.6 Å². The van der Waals surface area contributed by atoms with Crippen LogP contribution in [0.2, 0.25) is 0 Å². The lowest BCUT2D eigenvalue weighted by molar-refractivity contribution is 0.196. The first-order valence-corrected chi connectivity index (χ1v) is 8.41. The molecule has 3 rings (SSSR count). The number of benzene rings is 1. The highest BCUT2D eigenvalue weighted by Gasteiger charge is 2.37. The Kier molecular flexibility index (Phi) is 5.11. The smallest absolute Gasteiger partial charge is 0.223 e. The summed E-state index contributed by atoms with van der Waals surface area (Å²) in [7, 11) is 0. The van der Waals surface area contributed by atoms with Crippen LogP contribution < -0.4 is 10.1 Å². The summed E-state index contributed by atoms with van der Waals surface area (Å²) in [5.41, 5.74) is 0.326. The van der Waals surface area contributed by atoms with Crippen LogP contribution in [0, 0.1) is 18.3 Å². The Hall–Kier alpha value is -2.39. The van der Waals surface area contributed by atoms with E-state index in [2.05, 4.69) is 21.5 Å². The Bertz CT molecular complexity index is 714. The zero-order valence-corrected chi connectivity index (χ0v) is 13.9. The number of nitrogens with one attached hydrogen (secondary N) is 1. The summed E-state index contributed by atoms with van der Waals surface area (Å²) in [4.78, 5) is 4.45. The summed E-state index contributed by atoms with van der Waals surface area (Å²) in [5, 5.41) is 16.8. The van der Waals surface area contributed by atoms with E-state index in [0.29, 0.717) is 30.4 Å². The van der Waals surface area contributed by atoms with Crippen molar-refractivity contribution in [3.8, 4) is 11.8 Å². The molecule has 0 spiro atoms. The molecule has 0 radical (unpaired) electrons. The molecule has 1 aliphatic rings. The van der Waals surface area contributed by atoms with Gasteiger partial charge in [-0.1, -0.05) is 36.6 Å². The van der Waals surface area contributed by atoms with Gasteiger partial charge in [0.1, 0.15) is 18.4 Å². The molecule has 1 saturated carbocycles. The van der Waals surface area contributed by atoms with Gasteiger partial charge in [-0.3, -0.25) is 0 Å². The molecule has 1 fully saturated rings. The highest BCUT2D eigenvalue weighted by molar-refractivity contribution is 5.42. The molecule has 0 saturated heterocycles. The fourth-order valence-electron chi connectivity index (χ4n) is 3.26. The van der Waals surface area contributed by atoms with E-state index in [0.717, 1.165) is 31.5 Å². The maximum Gasteiger partial charge on any atom is 0.223 e. The lowest BCUT2D eigenvalue weighted by Crippen LogP contribution is -2.46. The van der Waals surface area contributed by atoms with E-state index < -0.39 is 0 Å². The van der Waals surface area contributed by atoms with E-state index in [1.165, 1.54) is 6.42 Å². The number of aromatic nitrogens is 2. The van der Waals surface area contributed by atoms with Gasteiger partial charge in [0.25, 0.3) is 0 Å². The molecule has 0 bridgehead atoms. The minimum Gasteiger partial charge on any atom is -0.491 e. The molecule has 0 amide bonds. The first-order valence-electron chi connectivity index (χ1n) is 8.41. The number of para-hydroxylation sites is 1. The highest BCUT2D eigenvalue weighted by atomic mass is 16.5. The molecule has 1 aromatic heterocycles. The molecule has 1 heterocycles. The maximum absolute atomic E-state index is 9.10. The molecule has 126 valence electrons. The summed E-state index contributed by atoms with van der Waals surface area (Å²) in [6.45, 7) is 2.96. The van der Waals surface area contributed by atoms with Gasteiger partial charge in [0, 0.05) is 13.5 Å². The van der Waals surface area contributed by atoms with Crippen LogP contribution >= 0.6 is 0 Å². The van der Waals surface area contributed by atoms with Crippen LogP contribution in [0.5, 0.6) is 5.75 Å². The van der Waals surface area contributed by atoms with Crippen molar-refractivity contribution >= 4 is 0 Å². The van der Waals surface area contributed by atoms with Crippen molar-refractivity contribution < 1.29 is 9.26 Å². The largest absolute Gasteiger partial charge is 0.491 e. The quantitative estimate of drug-likeness (QED) is 0.821. The molecular formula is C18H22N4O2. The number of nitrogens with zero attached hydrogens (tertiary/aromatic N) is 3. The Balaban J connectivity index is 1.61. The first kappa shape index (κ1) is 16.5. The highest BCUT2D eigenvalue weighted by Crippen LogP contribution is 2.35. The van der Waals surface area contributed by atoms with Crippen LogP contribution in [0.25, 0.3) is 0 Å². The third-order valence-electron chi connectivity index (χ3n) is 4.49. The number of rotatable bonds is 6. The molecule has 0 atom stereocenters. The van der Waals surface area contributed by atoms with Gasteiger partial charge in [0.2, 0.25) is 5.89 Å². The van der Waals surface area contributed by atoms with Crippen LogP contribution in [-0.2, 0) is 5.54 Å². The number of aryl methyl sites for hydroxylation is 1. The Labute approximate surface area is 141 Å². The van der Waals surface area contributed by atoms with Crippen molar-refractivity contribution in [1.82, 2.24) is 15.5 Å². The van der Waals surface area contributed by atoms with E-state index in [4.69, 9.17) is 14.5 Å². The van der Waals surface area contributed by atoms with E-state index in [-0.39, 0.29) is 5.54 Å². The van der Waals surface area contributed by atoms with Crippen LogP contribution in [0.15, 0.2) is 28.8 Å². The third kappa shape index (κ3) is 3.57. The van der Waals surface area contributed by atoms with Gasteiger partial charge in [-0.2, -0.15) is 10.2 Å². The summed E-state index contributed by atoms with van der Waals surface area (Å²) < 4.78 is 10.9. The van der Waals surface area contributed by atoms with Gasteiger partial charge < -0.3 is 14.6 Å². The minimum atomic E-state index is -0.228. The number of ether oxygens (including phenoxy) is 1. The third-order valence-corrected chi connectivity index (χ3v) is 4.49. The predicted molar refractivity (Wildman–Crippen MR) is 88.5 cm³/mol. The topological polar surface area (TPSA) is 84.0 Å². The van der Waals surface area contributed by atoms with Crippen molar-refractivity contribution in [3.63, 3.8) is 0 Å². The molecule has 24 heavy (non-hydrogen) atoms. The molecule has 1 aliphatic carbocycles. The minimum absolute atomic E-state index is 0.228. The molecule has 2 aromatic rings.